The monoisotopic (exact) mass is 408 g/mol. The van der Waals surface area contributed by atoms with Gasteiger partial charge in [-0.05, 0) is 32.2 Å². The number of nitrogens with zero attached hydrogens (tertiary/aromatic N) is 1. The number of hydrogen-bond donors (Lipinski definition) is 2. The third-order valence-electron chi connectivity index (χ3n) is 3.28. The van der Waals surface area contributed by atoms with Crippen molar-refractivity contribution in [3.05, 3.63) is 29.3 Å². The number of carbonyl (C=O) groups excluding carboxylic acids is 1. The summed E-state index contributed by atoms with van der Waals surface area (Å²) in [5.41, 5.74) is -3.82. The lowest BCUT2D eigenvalue weighted by atomic mass is 10.1. The average Bonchev–Trinajstić information content (AvgIpc) is 2.43. The number of alkyl halides is 6. The summed E-state index contributed by atoms with van der Waals surface area (Å²) in [5, 5.41) is 10.7. The van der Waals surface area contributed by atoms with Gasteiger partial charge in [0.2, 0.25) is 5.91 Å². The molecule has 0 aliphatic carbocycles. The number of likely N-dealkylation sites (N-methyl/N-ethyl adjacent to an activating group) is 1. The molecular weight excluding hydrogens is 394 g/mol. The summed E-state index contributed by atoms with van der Waals surface area (Å²) in [5.74, 6) is -2.20. The molecule has 0 aliphatic heterocycles. The summed E-state index contributed by atoms with van der Waals surface area (Å²) in [6.07, 6.45) is -10.1. The van der Waals surface area contributed by atoms with Crippen LogP contribution >= 0.6 is 12.4 Å². The summed E-state index contributed by atoms with van der Waals surface area (Å²) < 4.78 is 76.3. The Kier molecular flexibility index (Phi) is 7.92. The second-order valence-corrected chi connectivity index (χ2v) is 5.27. The number of rotatable bonds is 5. The van der Waals surface area contributed by atoms with Crippen molar-refractivity contribution in [3.8, 4) is 0 Å². The van der Waals surface area contributed by atoms with E-state index in [2.05, 4.69) is 0 Å². The van der Waals surface area contributed by atoms with Crippen LogP contribution < -0.4 is 5.32 Å². The van der Waals surface area contributed by atoms with Gasteiger partial charge in [0, 0.05) is 5.69 Å². The van der Waals surface area contributed by atoms with Gasteiger partial charge >= 0.3 is 18.3 Å². The van der Waals surface area contributed by atoms with Crippen LogP contribution in [-0.2, 0) is 21.9 Å². The summed E-state index contributed by atoms with van der Waals surface area (Å²) in [6, 6.07) is -0.395. The van der Waals surface area contributed by atoms with Gasteiger partial charge in [-0.15, -0.1) is 12.4 Å². The predicted octanol–water partition coefficient (Wildman–Crippen LogP) is 3.49. The molecule has 1 rings (SSSR count). The summed E-state index contributed by atoms with van der Waals surface area (Å²) in [7, 11) is 1.27. The zero-order chi connectivity index (χ0) is 19.6. The van der Waals surface area contributed by atoms with Crippen molar-refractivity contribution in [2.75, 3.05) is 18.9 Å². The van der Waals surface area contributed by atoms with Crippen LogP contribution in [0.3, 0.4) is 0 Å². The average molecular weight is 409 g/mol. The summed E-state index contributed by atoms with van der Waals surface area (Å²) in [6.45, 7) is 0.729. The van der Waals surface area contributed by atoms with E-state index >= 15 is 0 Å². The summed E-state index contributed by atoms with van der Waals surface area (Å²) >= 11 is 0. The van der Waals surface area contributed by atoms with Crippen LogP contribution in [0.4, 0.5) is 32.0 Å². The number of anilines is 1. The van der Waals surface area contributed by atoms with Gasteiger partial charge < -0.3 is 10.4 Å². The summed E-state index contributed by atoms with van der Waals surface area (Å²) in [4.78, 5) is 23.6. The minimum atomic E-state index is -5.03. The number of amides is 1. The fourth-order valence-electron chi connectivity index (χ4n) is 1.78. The van der Waals surface area contributed by atoms with E-state index in [0.29, 0.717) is 12.1 Å². The number of aliphatic carboxylic acids is 1. The van der Waals surface area contributed by atoms with Gasteiger partial charge in [0.25, 0.3) is 0 Å². The molecule has 0 saturated heterocycles. The highest BCUT2D eigenvalue weighted by Crippen LogP contribution is 2.37. The van der Waals surface area contributed by atoms with Crippen molar-refractivity contribution in [2.45, 2.75) is 25.3 Å². The Labute approximate surface area is 150 Å². The lowest BCUT2D eigenvalue weighted by Crippen LogP contribution is -2.40. The van der Waals surface area contributed by atoms with Gasteiger partial charge in [-0.3, -0.25) is 14.5 Å². The molecule has 1 aromatic rings. The van der Waals surface area contributed by atoms with Crippen LogP contribution in [0.25, 0.3) is 0 Å². The minimum Gasteiger partial charge on any atom is -0.480 e. The molecule has 0 radical (unpaired) electrons. The topological polar surface area (TPSA) is 69.6 Å². The van der Waals surface area contributed by atoms with E-state index in [-0.39, 0.29) is 18.5 Å². The first-order valence-corrected chi connectivity index (χ1v) is 6.74. The fraction of sp³-hybridized carbons (Fsp3) is 0.429. The molecule has 26 heavy (non-hydrogen) atoms. The Bertz CT molecular complexity index is 631. The van der Waals surface area contributed by atoms with Gasteiger partial charge in [-0.25, -0.2) is 0 Å². The lowest BCUT2D eigenvalue weighted by molar-refractivity contribution is -0.144. The van der Waals surface area contributed by atoms with Gasteiger partial charge in [-0.2, -0.15) is 26.3 Å². The molecule has 5 nitrogen and oxygen atoms in total. The molecule has 0 bridgehead atoms. The molecule has 1 atom stereocenters. The zero-order valence-electron chi connectivity index (χ0n) is 13.4. The molecule has 0 spiro atoms. The molecule has 1 aromatic carbocycles. The van der Waals surface area contributed by atoms with E-state index in [9.17, 15) is 35.9 Å². The molecule has 0 heterocycles. The van der Waals surface area contributed by atoms with Crippen molar-refractivity contribution in [1.82, 2.24) is 4.90 Å². The first-order valence-electron chi connectivity index (χ1n) is 6.74. The van der Waals surface area contributed by atoms with Crippen LogP contribution in [0.2, 0.25) is 0 Å². The number of carboxylic acids is 1. The first kappa shape index (κ1) is 24.0. The maximum atomic E-state index is 12.7. The predicted molar refractivity (Wildman–Crippen MR) is 82.1 cm³/mol. The van der Waals surface area contributed by atoms with Crippen molar-refractivity contribution >= 4 is 30.0 Å². The Morgan fingerprint density at radius 3 is 1.85 bits per heavy atom. The Hall–Kier alpha value is -2.01. The number of carboxylic acid groups (broad SMARTS) is 1. The highest BCUT2D eigenvalue weighted by Gasteiger charge is 2.37. The Morgan fingerprint density at radius 2 is 1.50 bits per heavy atom. The molecule has 1 amide bonds. The minimum absolute atomic E-state index is 0. The Balaban J connectivity index is 0.00000625. The van der Waals surface area contributed by atoms with Crippen LogP contribution in [0.1, 0.15) is 18.1 Å². The largest absolute Gasteiger partial charge is 0.480 e. The highest BCUT2D eigenvalue weighted by atomic mass is 35.5. The van der Waals surface area contributed by atoms with Crippen LogP contribution in [0.15, 0.2) is 18.2 Å². The highest BCUT2D eigenvalue weighted by molar-refractivity contribution is 5.92. The van der Waals surface area contributed by atoms with Crippen molar-refractivity contribution in [2.24, 2.45) is 0 Å². The standard InChI is InChI=1S/C14H14F6N2O3.ClH/c1-7(12(24)25)22(2)6-11(23)21-10-4-8(13(15,16)17)3-9(5-10)14(18,19)20;/h3-5,7H,6H2,1-2H3,(H,21,23)(H,24,25);1H. The van der Waals surface area contributed by atoms with Crippen LogP contribution in [0.5, 0.6) is 0 Å². The van der Waals surface area contributed by atoms with Gasteiger partial charge in [0.05, 0.1) is 17.7 Å². The zero-order valence-corrected chi connectivity index (χ0v) is 14.2. The Morgan fingerprint density at radius 1 is 1.08 bits per heavy atom. The van der Waals surface area contributed by atoms with E-state index in [4.69, 9.17) is 5.11 Å². The van der Waals surface area contributed by atoms with Crippen molar-refractivity contribution < 1.29 is 41.0 Å². The number of halogens is 7. The molecule has 0 saturated carbocycles. The van der Waals surface area contributed by atoms with Crippen molar-refractivity contribution in [3.63, 3.8) is 0 Å². The number of hydrogen-bond acceptors (Lipinski definition) is 3. The van der Waals surface area contributed by atoms with E-state index in [1.165, 1.54) is 14.0 Å². The van der Waals surface area contributed by atoms with Crippen LogP contribution in [0, 0.1) is 0 Å². The van der Waals surface area contributed by atoms with Gasteiger partial charge in [-0.1, -0.05) is 0 Å². The molecular formula is C14H15ClF6N2O3. The molecule has 12 heteroatoms. The number of carbonyl (C=O) groups is 2. The second kappa shape index (κ2) is 8.58. The first-order chi connectivity index (χ1) is 11.2. The number of benzene rings is 1. The molecule has 2 N–H and O–H groups in total. The number of nitrogens with one attached hydrogen (secondary N) is 1. The third kappa shape index (κ3) is 6.71. The van der Waals surface area contributed by atoms with Gasteiger partial charge in [0.1, 0.15) is 6.04 Å². The quantitative estimate of drug-likeness (QED) is 0.732. The second-order valence-electron chi connectivity index (χ2n) is 5.27. The molecule has 0 aromatic heterocycles. The third-order valence-corrected chi connectivity index (χ3v) is 3.28. The van der Waals surface area contributed by atoms with E-state index in [0.717, 1.165) is 4.90 Å². The molecule has 148 valence electrons. The normalized spacial score (nSPS) is 13.1. The van der Waals surface area contributed by atoms with E-state index in [1.807, 2.05) is 5.32 Å². The molecule has 1 unspecified atom stereocenters. The molecule has 0 aliphatic rings. The maximum Gasteiger partial charge on any atom is 0.416 e. The van der Waals surface area contributed by atoms with E-state index in [1.54, 1.807) is 0 Å². The SMILES string of the molecule is CC(C(=O)O)N(C)CC(=O)Nc1cc(C(F)(F)F)cc(C(F)(F)F)c1.Cl. The smallest absolute Gasteiger partial charge is 0.416 e. The maximum absolute atomic E-state index is 12.7. The van der Waals surface area contributed by atoms with Gasteiger partial charge in [0.15, 0.2) is 0 Å². The van der Waals surface area contributed by atoms with Crippen LogP contribution in [-0.4, -0.2) is 41.5 Å². The van der Waals surface area contributed by atoms with E-state index < -0.39 is 53.6 Å². The fourth-order valence-corrected chi connectivity index (χ4v) is 1.78. The lowest BCUT2D eigenvalue weighted by Gasteiger charge is -2.20. The van der Waals surface area contributed by atoms with Crippen molar-refractivity contribution in [1.29, 1.82) is 0 Å². The molecule has 0 fully saturated rings.